The van der Waals surface area contributed by atoms with Crippen molar-refractivity contribution in [3.8, 4) is 0 Å². The number of imidazole rings is 1. The molecule has 1 aliphatic carbocycles. The molecule has 7 heteroatoms. The summed E-state index contributed by atoms with van der Waals surface area (Å²) < 4.78 is 2.29. The Balaban J connectivity index is 1.14. The van der Waals surface area contributed by atoms with Crippen molar-refractivity contribution in [2.45, 2.75) is 70.4 Å². The molecule has 7 nitrogen and oxygen atoms in total. The number of amides is 1. The third-order valence-corrected chi connectivity index (χ3v) is 7.73. The van der Waals surface area contributed by atoms with Crippen LogP contribution in [0.4, 0.5) is 5.82 Å². The number of benzene rings is 1. The van der Waals surface area contributed by atoms with Gasteiger partial charge in [-0.15, -0.1) is 0 Å². The quantitative estimate of drug-likeness (QED) is 0.662. The first-order valence-corrected chi connectivity index (χ1v) is 12.6. The van der Waals surface area contributed by atoms with Crippen LogP contribution in [-0.2, 0) is 24.2 Å². The van der Waals surface area contributed by atoms with E-state index in [-0.39, 0.29) is 17.9 Å². The van der Waals surface area contributed by atoms with E-state index in [2.05, 4.69) is 49.0 Å². The minimum Gasteiger partial charge on any atom is -0.355 e. The Hall–Kier alpha value is -2.96. The molecular weight excluding hydrogens is 412 g/mol. The van der Waals surface area contributed by atoms with Gasteiger partial charge in [0, 0.05) is 32.0 Å². The van der Waals surface area contributed by atoms with Gasteiger partial charge in [0.15, 0.2) is 17.0 Å². The van der Waals surface area contributed by atoms with Crippen LogP contribution in [0, 0.1) is 5.92 Å². The van der Waals surface area contributed by atoms with Gasteiger partial charge in [-0.3, -0.25) is 4.79 Å². The maximum atomic E-state index is 13.1. The minimum absolute atomic E-state index is 0.0615. The van der Waals surface area contributed by atoms with Gasteiger partial charge in [-0.05, 0) is 56.1 Å². The standard InChI is InChI=1S/C26H32N6O/c33-26(29-21-10-6-8-18-7-3-4-9-20(18)21)19-12-15-31(16-13-19)24-23-25(28-17-27-24)32-14-5-1-2-11-22(32)30-23/h3-4,7,9,17,19,21H,1-2,5-6,8,10-16H2,(H,29,33)/t21-/m1/s1. The first-order chi connectivity index (χ1) is 16.3. The van der Waals surface area contributed by atoms with Crippen LogP contribution in [0.3, 0.4) is 0 Å². The molecule has 3 aromatic rings. The van der Waals surface area contributed by atoms with Crippen molar-refractivity contribution in [2.75, 3.05) is 18.0 Å². The summed E-state index contributed by atoms with van der Waals surface area (Å²) in [7, 11) is 0. The highest BCUT2D eigenvalue weighted by atomic mass is 16.2. The number of hydrogen-bond acceptors (Lipinski definition) is 5. The fourth-order valence-corrected chi connectivity index (χ4v) is 5.90. The highest BCUT2D eigenvalue weighted by Crippen LogP contribution is 2.32. The molecule has 0 saturated carbocycles. The van der Waals surface area contributed by atoms with Gasteiger partial charge >= 0.3 is 0 Å². The summed E-state index contributed by atoms with van der Waals surface area (Å²) in [6.45, 7) is 2.65. The molecule has 1 amide bonds. The molecule has 6 rings (SSSR count). The monoisotopic (exact) mass is 444 g/mol. The summed E-state index contributed by atoms with van der Waals surface area (Å²) in [6.07, 6.45) is 11.3. The first kappa shape index (κ1) is 20.6. The summed E-state index contributed by atoms with van der Waals surface area (Å²) in [5.41, 5.74) is 4.58. The van der Waals surface area contributed by atoms with Crippen molar-refractivity contribution >= 4 is 22.9 Å². The van der Waals surface area contributed by atoms with Gasteiger partial charge < -0.3 is 14.8 Å². The van der Waals surface area contributed by atoms with Gasteiger partial charge in [0.25, 0.3) is 0 Å². The second-order valence-corrected chi connectivity index (χ2v) is 9.77. The van der Waals surface area contributed by atoms with E-state index < -0.39 is 0 Å². The van der Waals surface area contributed by atoms with Crippen molar-refractivity contribution < 1.29 is 4.79 Å². The zero-order valence-electron chi connectivity index (χ0n) is 19.2. The highest BCUT2D eigenvalue weighted by Gasteiger charge is 2.30. The number of carbonyl (C=O) groups is 1. The topological polar surface area (TPSA) is 75.9 Å². The second kappa shape index (κ2) is 8.76. The highest BCUT2D eigenvalue weighted by molar-refractivity contribution is 5.84. The van der Waals surface area contributed by atoms with E-state index in [9.17, 15) is 4.79 Å². The predicted octanol–water partition coefficient (Wildman–Crippen LogP) is 3.96. The predicted molar refractivity (Wildman–Crippen MR) is 128 cm³/mol. The number of nitrogens with zero attached hydrogens (tertiary/aromatic N) is 5. The van der Waals surface area contributed by atoms with E-state index in [0.717, 1.165) is 81.0 Å². The summed E-state index contributed by atoms with van der Waals surface area (Å²) >= 11 is 0. The Morgan fingerprint density at radius 3 is 2.73 bits per heavy atom. The molecule has 2 aromatic heterocycles. The van der Waals surface area contributed by atoms with Crippen LogP contribution < -0.4 is 10.2 Å². The molecule has 0 spiro atoms. The minimum atomic E-state index is 0.0615. The lowest BCUT2D eigenvalue weighted by Gasteiger charge is -2.33. The molecule has 3 aliphatic rings. The molecular formula is C26H32N6O. The lowest BCUT2D eigenvalue weighted by molar-refractivity contribution is -0.126. The van der Waals surface area contributed by atoms with Gasteiger partial charge in [0.1, 0.15) is 12.2 Å². The van der Waals surface area contributed by atoms with Crippen molar-refractivity contribution in [2.24, 2.45) is 5.92 Å². The number of anilines is 1. The summed E-state index contributed by atoms with van der Waals surface area (Å²) in [6, 6.07) is 8.71. The lowest BCUT2D eigenvalue weighted by Crippen LogP contribution is -2.42. The Morgan fingerprint density at radius 1 is 0.939 bits per heavy atom. The molecule has 0 radical (unpaired) electrons. The second-order valence-electron chi connectivity index (χ2n) is 9.77. The van der Waals surface area contributed by atoms with Gasteiger partial charge in [0.05, 0.1) is 6.04 Å². The van der Waals surface area contributed by atoms with Crippen LogP contribution in [0.25, 0.3) is 11.2 Å². The molecule has 1 saturated heterocycles. The fraction of sp³-hybridized carbons (Fsp3) is 0.538. The molecule has 0 bridgehead atoms. The summed E-state index contributed by atoms with van der Waals surface area (Å²) in [4.78, 5) is 29.6. The zero-order chi connectivity index (χ0) is 22.2. The number of carbonyl (C=O) groups excluding carboxylic acids is 1. The number of aryl methyl sites for hydroxylation is 3. The van der Waals surface area contributed by atoms with Crippen molar-refractivity contribution in [3.05, 3.63) is 47.5 Å². The number of fused-ring (bicyclic) bond motifs is 4. The normalized spacial score (nSPS) is 21.3. The number of rotatable bonds is 3. The third-order valence-electron chi connectivity index (χ3n) is 7.73. The Morgan fingerprint density at radius 2 is 1.82 bits per heavy atom. The van der Waals surface area contributed by atoms with E-state index in [1.54, 1.807) is 6.33 Å². The van der Waals surface area contributed by atoms with Crippen LogP contribution in [0.2, 0.25) is 0 Å². The fourth-order valence-electron chi connectivity index (χ4n) is 5.90. The van der Waals surface area contributed by atoms with Gasteiger partial charge in [-0.1, -0.05) is 30.7 Å². The third kappa shape index (κ3) is 3.87. The molecule has 1 aromatic carbocycles. The maximum Gasteiger partial charge on any atom is 0.223 e. The van der Waals surface area contributed by atoms with Crippen LogP contribution in [0.1, 0.15) is 67.9 Å². The molecule has 33 heavy (non-hydrogen) atoms. The average molecular weight is 445 g/mol. The van der Waals surface area contributed by atoms with Gasteiger partial charge in [0.2, 0.25) is 5.91 Å². The van der Waals surface area contributed by atoms with Crippen LogP contribution >= 0.6 is 0 Å². The number of hydrogen-bond donors (Lipinski definition) is 1. The smallest absolute Gasteiger partial charge is 0.223 e. The zero-order valence-corrected chi connectivity index (χ0v) is 19.2. The Bertz CT molecular complexity index is 1160. The van der Waals surface area contributed by atoms with Crippen LogP contribution in [-0.4, -0.2) is 38.5 Å². The maximum absolute atomic E-state index is 13.1. The molecule has 1 atom stereocenters. The van der Waals surface area contributed by atoms with Crippen molar-refractivity contribution in [1.29, 1.82) is 0 Å². The molecule has 1 fully saturated rings. The van der Waals surface area contributed by atoms with E-state index in [4.69, 9.17) is 4.98 Å². The average Bonchev–Trinajstić information content (AvgIpc) is 3.05. The molecule has 4 heterocycles. The first-order valence-electron chi connectivity index (χ1n) is 12.6. The molecule has 1 N–H and O–H groups in total. The van der Waals surface area contributed by atoms with E-state index in [1.807, 2.05) is 0 Å². The largest absolute Gasteiger partial charge is 0.355 e. The Labute approximate surface area is 194 Å². The van der Waals surface area contributed by atoms with Gasteiger partial charge in [-0.2, -0.15) is 0 Å². The number of aromatic nitrogens is 4. The van der Waals surface area contributed by atoms with Gasteiger partial charge in [-0.25, -0.2) is 15.0 Å². The molecule has 172 valence electrons. The van der Waals surface area contributed by atoms with E-state index >= 15 is 0 Å². The van der Waals surface area contributed by atoms with E-state index in [1.165, 1.54) is 30.4 Å². The van der Waals surface area contributed by atoms with Crippen molar-refractivity contribution in [3.63, 3.8) is 0 Å². The SMILES string of the molecule is O=C(N[C@@H]1CCCc2ccccc21)C1CCN(c2ncnc3c2nc2n3CCCCC2)CC1. The molecule has 2 aliphatic heterocycles. The van der Waals surface area contributed by atoms with Crippen LogP contribution in [0.15, 0.2) is 30.6 Å². The summed E-state index contributed by atoms with van der Waals surface area (Å²) in [5.74, 6) is 2.34. The Kier molecular flexibility index (Phi) is 5.48. The number of nitrogens with one attached hydrogen (secondary N) is 1. The van der Waals surface area contributed by atoms with E-state index in [0.29, 0.717) is 0 Å². The van der Waals surface area contributed by atoms with Crippen LogP contribution in [0.5, 0.6) is 0 Å². The van der Waals surface area contributed by atoms with Crippen molar-refractivity contribution in [1.82, 2.24) is 24.8 Å². The number of piperidine rings is 1. The molecule has 0 unspecified atom stereocenters. The lowest BCUT2D eigenvalue weighted by atomic mass is 9.87. The summed E-state index contributed by atoms with van der Waals surface area (Å²) in [5, 5.41) is 3.37.